The van der Waals surface area contributed by atoms with Gasteiger partial charge in [-0.3, -0.25) is 4.90 Å². The molecule has 0 atom stereocenters. The van der Waals surface area contributed by atoms with Crippen LogP contribution >= 0.6 is 0 Å². The van der Waals surface area contributed by atoms with Crippen molar-refractivity contribution in [2.45, 2.75) is 24.3 Å². The fourth-order valence-corrected chi connectivity index (χ4v) is 4.52. The molecule has 1 saturated heterocycles. The van der Waals surface area contributed by atoms with Crippen LogP contribution in [0.2, 0.25) is 0 Å². The third-order valence-electron chi connectivity index (χ3n) is 5.77. The fourth-order valence-electron chi connectivity index (χ4n) is 3.89. The van der Waals surface area contributed by atoms with Crippen LogP contribution in [0.3, 0.4) is 0 Å². The number of nitrogens with one attached hydrogen (secondary N) is 1. The van der Waals surface area contributed by atoms with Gasteiger partial charge in [-0.05, 0) is 55.1 Å². The third kappa shape index (κ3) is 5.89. The van der Waals surface area contributed by atoms with Crippen molar-refractivity contribution in [1.82, 2.24) is 14.9 Å². The summed E-state index contributed by atoms with van der Waals surface area (Å²) >= 11 is 0. The summed E-state index contributed by atoms with van der Waals surface area (Å²) in [6, 6.07) is 17.4. The Morgan fingerprint density at radius 3 is 2.19 bits per heavy atom. The number of anilines is 1. The Balaban J connectivity index is 1.25. The molecule has 1 fully saturated rings. The molecule has 31 heavy (non-hydrogen) atoms. The first-order chi connectivity index (χ1) is 15.0. The fraction of sp³-hybridized carbons (Fsp3) is 0.333. The molecule has 1 N–H and O–H groups in total. The van der Waals surface area contributed by atoms with E-state index in [9.17, 15) is 8.42 Å². The first-order valence-corrected chi connectivity index (χ1v) is 12.5. The van der Waals surface area contributed by atoms with E-state index in [-0.39, 0.29) is 0 Å². The molecule has 0 bridgehead atoms. The zero-order valence-electron chi connectivity index (χ0n) is 17.7. The predicted octanol–water partition coefficient (Wildman–Crippen LogP) is 3.87. The van der Waals surface area contributed by atoms with Gasteiger partial charge >= 0.3 is 0 Å². The summed E-state index contributed by atoms with van der Waals surface area (Å²) in [5.74, 6) is 1.25. The van der Waals surface area contributed by atoms with Crippen molar-refractivity contribution in [2.24, 2.45) is 5.92 Å². The number of nitrogens with zero attached hydrogens (tertiary/aromatic N) is 3. The molecule has 4 rings (SSSR count). The van der Waals surface area contributed by atoms with Crippen LogP contribution in [-0.4, -0.2) is 49.2 Å². The van der Waals surface area contributed by atoms with E-state index in [1.54, 1.807) is 36.7 Å². The molecule has 0 saturated carbocycles. The summed E-state index contributed by atoms with van der Waals surface area (Å²) in [5.41, 5.74) is 3.13. The minimum absolute atomic E-state index is 0.310. The lowest BCUT2D eigenvalue weighted by Gasteiger charge is -2.32. The van der Waals surface area contributed by atoms with Crippen molar-refractivity contribution in [3.05, 3.63) is 72.6 Å². The van der Waals surface area contributed by atoms with E-state index in [0.717, 1.165) is 37.3 Å². The number of likely N-dealkylation sites (tertiary alicyclic amines) is 1. The van der Waals surface area contributed by atoms with Gasteiger partial charge in [-0.2, -0.15) is 0 Å². The van der Waals surface area contributed by atoms with Gasteiger partial charge in [0.15, 0.2) is 9.84 Å². The monoisotopic (exact) mass is 436 g/mol. The second-order valence-electron chi connectivity index (χ2n) is 8.18. The van der Waals surface area contributed by atoms with Crippen molar-refractivity contribution in [3.63, 3.8) is 0 Å². The molecule has 1 aromatic heterocycles. The highest BCUT2D eigenvalue weighted by Crippen LogP contribution is 2.22. The highest BCUT2D eigenvalue weighted by atomic mass is 32.2. The van der Waals surface area contributed by atoms with Gasteiger partial charge in [0, 0.05) is 37.3 Å². The van der Waals surface area contributed by atoms with Crippen LogP contribution in [0.5, 0.6) is 0 Å². The van der Waals surface area contributed by atoms with Crippen LogP contribution in [0.1, 0.15) is 18.4 Å². The van der Waals surface area contributed by atoms with E-state index < -0.39 is 9.84 Å². The summed E-state index contributed by atoms with van der Waals surface area (Å²) in [6.07, 6.45) is 7.09. The van der Waals surface area contributed by atoms with E-state index in [1.165, 1.54) is 24.7 Å². The zero-order valence-corrected chi connectivity index (χ0v) is 18.6. The lowest BCUT2D eigenvalue weighted by molar-refractivity contribution is 0.182. The topological polar surface area (TPSA) is 75.2 Å². The molecule has 2 heterocycles. The third-order valence-corrected chi connectivity index (χ3v) is 6.90. The molecule has 1 aliphatic rings. The summed E-state index contributed by atoms with van der Waals surface area (Å²) < 4.78 is 23.2. The quantitative estimate of drug-likeness (QED) is 0.606. The minimum Gasteiger partial charge on any atom is -0.354 e. The lowest BCUT2D eigenvalue weighted by Crippen LogP contribution is -2.35. The highest BCUT2D eigenvalue weighted by molar-refractivity contribution is 7.90. The Labute approximate surface area is 184 Å². The predicted molar refractivity (Wildman–Crippen MR) is 124 cm³/mol. The Morgan fingerprint density at radius 1 is 0.935 bits per heavy atom. The van der Waals surface area contributed by atoms with Crippen molar-refractivity contribution in [2.75, 3.05) is 31.2 Å². The van der Waals surface area contributed by atoms with E-state index in [1.807, 2.05) is 0 Å². The minimum atomic E-state index is -3.19. The summed E-state index contributed by atoms with van der Waals surface area (Å²) in [5, 5.41) is 3.37. The first-order valence-electron chi connectivity index (χ1n) is 10.6. The SMILES string of the molecule is CS(=O)(=O)c1ccc(-c2cnc(NCC3CCN(Cc4ccccc4)CC3)nc2)cc1. The Morgan fingerprint density at radius 2 is 1.58 bits per heavy atom. The molecule has 3 aromatic rings. The molecule has 0 radical (unpaired) electrons. The zero-order chi connectivity index (χ0) is 21.7. The molecule has 0 unspecified atom stereocenters. The maximum Gasteiger partial charge on any atom is 0.222 e. The van der Waals surface area contributed by atoms with E-state index >= 15 is 0 Å². The molecular formula is C24H28N4O2S. The van der Waals surface area contributed by atoms with Gasteiger partial charge in [0.2, 0.25) is 5.95 Å². The maximum atomic E-state index is 11.6. The molecule has 7 heteroatoms. The number of piperidine rings is 1. The van der Waals surface area contributed by atoms with Crippen LogP contribution < -0.4 is 5.32 Å². The van der Waals surface area contributed by atoms with Crippen LogP contribution in [0, 0.1) is 5.92 Å². The van der Waals surface area contributed by atoms with Gasteiger partial charge in [0.1, 0.15) is 0 Å². The van der Waals surface area contributed by atoms with Crippen molar-refractivity contribution < 1.29 is 8.42 Å². The molecule has 0 spiro atoms. The molecule has 6 nitrogen and oxygen atoms in total. The largest absolute Gasteiger partial charge is 0.354 e. The molecular weight excluding hydrogens is 408 g/mol. The summed E-state index contributed by atoms with van der Waals surface area (Å²) in [7, 11) is -3.19. The van der Waals surface area contributed by atoms with Gasteiger partial charge in [-0.15, -0.1) is 0 Å². The Kier molecular flexibility index (Phi) is 6.63. The van der Waals surface area contributed by atoms with Crippen LogP contribution in [-0.2, 0) is 16.4 Å². The maximum absolute atomic E-state index is 11.6. The molecule has 0 amide bonds. The van der Waals surface area contributed by atoms with Crippen molar-refractivity contribution in [3.8, 4) is 11.1 Å². The normalized spacial score (nSPS) is 15.6. The van der Waals surface area contributed by atoms with Gasteiger partial charge in [0.05, 0.1) is 4.90 Å². The van der Waals surface area contributed by atoms with Crippen molar-refractivity contribution >= 4 is 15.8 Å². The number of rotatable bonds is 7. The average Bonchev–Trinajstić information content (AvgIpc) is 2.79. The van der Waals surface area contributed by atoms with E-state index in [2.05, 4.69) is 50.5 Å². The van der Waals surface area contributed by atoms with Gasteiger partial charge in [-0.25, -0.2) is 18.4 Å². The number of sulfone groups is 1. The summed E-state index contributed by atoms with van der Waals surface area (Å²) in [6.45, 7) is 4.13. The number of hydrogen-bond donors (Lipinski definition) is 1. The van der Waals surface area contributed by atoms with Gasteiger partial charge in [-0.1, -0.05) is 42.5 Å². The number of aromatic nitrogens is 2. The first kappa shape index (κ1) is 21.5. The molecule has 162 valence electrons. The molecule has 1 aliphatic heterocycles. The number of benzene rings is 2. The summed E-state index contributed by atoms with van der Waals surface area (Å²) in [4.78, 5) is 11.7. The van der Waals surface area contributed by atoms with Crippen molar-refractivity contribution in [1.29, 1.82) is 0 Å². The van der Waals surface area contributed by atoms with Crippen LogP contribution in [0.4, 0.5) is 5.95 Å². The van der Waals surface area contributed by atoms with Crippen LogP contribution in [0.15, 0.2) is 71.9 Å². The van der Waals surface area contributed by atoms with Gasteiger partial charge < -0.3 is 5.32 Å². The van der Waals surface area contributed by atoms with E-state index in [0.29, 0.717) is 16.8 Å². The molecule has 0 aliphatic carbocycles. The number of hydrogen-bond acceptors (Lipinski definition) is 6. The smallest absolute Gasteiger partial charge is 0.222 e. The van der Waals surface area contributed by atoms with Crippen LogP contribution in [0.25, 0.3) is 11.1 Å². The lowest BCUT2D eigenvalue weighted by atomic mass is 9.96. The van der Waals surface area contributed by atoms with E-state index in [4.69, 9.17) is 0 Å². The van der Waals surface area contributed by atoms with Gasteiger partial charge in [0.25, 0.3) is 0 Å². The molecule has 2 aromatic carbocycles. The standard InChI is InChI=1S/C24H28N4O2S/c1-31(29,30)23-9-7-21(8-10-23)22-16-26-24(27-17-22)25-15-19-11-13-28(14-12-19)18-20-5-3-2-4-6-20/h2-10,16-17,19H,11-15,18H2,1H3,(H,25,26,27). The highest BCUT2D eigenvalue weighted by Gasteiger charge is 2.19. The Hall–Kier alpha value is -2.77. The second kappa shape index (κ2) is 9.58. The second-order valence-corrected chi connectivity index (χ2v) is 10.2. The average molecular weight is 437 g/mol. The Bertz CT molecular complexity index is 1080.